The first kappa shape index (κ1) is 18.1. The van der Waals surface area contributed by atoms with E-state index in [1.807, 2.05) is 32.0 Å². The van der Waals surface area contributed by atoms with Crippen LogP contribution in [0.4, 0.5) is 0 Å². The SMILES string of the molecule is Cc1cc(C)c2[nH]c(=O)c(CCNS(=O)(=O)c3ccc(Cl)s3)cc2c1. The van der Waals surface area contributed by atoms with Gasteiger partial charge in [-0.2, -0.15) is 0 Å². The minimum Gasteiger partial charge on any atom is -0.321 e. The summed E-state index contributed by atoms with van der Waals surface area (Å²) in [5.41, 5.74) is 3.28. The third kappa shape index (κ3) is 3.95. The van der Waals surface area contributed by atoms with Crippen LogP contribution in [0.25, 0.3) is 10.9 Å². The minimum absolute atomic E-state index is 0.136. The Bertz CT molecular complexity index is 1100. The van der Waals surface area contributed by atoms with Gasteiger partial charge in [-0.05, 0) is 55.5 Å². The lowest BCUT2D eigenvalue weighted by Crippen LogP contribution is -2.27. The van der Waals surface area contributed by atoms with Crippen LogP contribution in [0.1, 0.15) is 16.7 Å². The molecule has 2 aromatic heterocycles. The van der Waals surface area contributed by atoms with E-state index in [1.54, 1.807) is 6.07 Å². The number of thiophene rings is 1. The highest BCUT2D eigenvalue weighted by Crippen LogP contribution is 2.25. The first-order chi connectivity index (χ1) is 11.8. The van der Waals surface area contributed by atoms with Crippen molar-refractivity contribution < 1.29 is 8.42 Å². The second-order valence-corrected chi connectivity index (χ2v) is 9.58. The summed E-state index contributed by atoms with van der Waals surface area (Å²) in [4.78, 5) is 15.1. The van der Waals surface area contributed by atoms with Gasteiger partial charge in [0, 0.05) is 12.1 Å². The number of rotatable bonds is 5. The van der Waals surface area contributed by atoms with Gasteiger partial charge in [-0.3, -0.25) is 4.79 Å². The van der Waals surface area contributed by atoms with Gasteiger partial charge in [0.15, 0.2) is 0 Å². The molecule has 132 valence electrons. The number of halogens is 1. The number of hydrogen-bond donors (Lipinski definition) is 2. The normalized spacial score (nSPS) is 12.0. The first-order valence-electron chi connectivity index (χ1n) is 7.64. The molecular formula is C17H17ClN2O3S2. The van der Waals surface area contributed by atoms with Crippen molar-refractivity contribution in [2.45, 2.75) is 24.5 Å². The third-order valence-corrected chi connectivity index (χ3v) is 7.05. The van der Waals surface area contributed by atoms with Gasteiger partial charge < -0.3 is 4.98 Å². The van der Waals surface area contributed by atoms with Crippen molar-refractivity contribution in [2.24, 2.45) is 0 Å². The van der Waals surface area contributed by atoms with Crippen LogP contribution in [-0.4, -0.2) is 19.9 Å². The highest BCUT2D eigenvalue weighted by molar-refractivity contribution is 7.91. The van der Waals surface area contributed by atoms with Crippen molar-refractivity contribution in [1.82, 2.24) is 9.71 Å². The number of hydrogen-bond acceptors (Lipinski definition) is 4. The monoisotopic (exact) mass is 396 g/mol. The van der Waals surface area contributed by atoms with E-state index in [0.717, 1.165) is 33.4 Å². The lowest BCUT2D eigenvalue weighted by molar-refractivity contribution is 0.583. The number of aromatic amines is 1. The number of fused-ring (bicyclic) bond motifs is 1. The Labute approximate surface area is 154 Å². The maximum atomic E-state index is 12.3. The average molecular weight is 397 g/mol. The lowest BCUT2D eigenvalue weighted by Gasteiger charge is -2.08. The van der Waals surface area contributed by atoms with E-state index in [4.69, 9.17) is 11.6 Å². The Balaban J connectivity index is 1.79. The third-order valence-electron chi connectivity index (χ3n) is 3.87. The molecule has 0 aliphatic rings. The molecule has 2 N–H and O–H groups in total. The molecule has 0 bridgehead atoms. The minimum atomic E-state index is -3.61. The quantitative estimate of drug-likeness (QED) is 0.693. The second-order valence-electron chi connectivity index (χ2n) is 5.88. The van der Waals surface area contributed by atoms with Crippen LogP contribution in [0.2, 0.25) is 4.34 Å². The smallest absolute Gasteiger partial charge is 0.251 e. The summed E-state index contributed by atoms with van der Waals surface area (Å²) in [5, 5.41) is 0.944. The van der Waals surface area contributed by atoms with E-state index in [9.17, 15) is 13.2 Å². The van der Waals surface area contributed by atoms with Crippen LogP contribution in [0, 0.1) is 13.8 Å². The Kier molecular flexibility index (Phi) is 5.02. The molecule has 25 heavy (non-hydrogen) atoms. The van der Waals surface area contributed by atoms with Gasteiger partial charge in [0.2, 0.25) is 10.0 Å². The Morgan fingerprint density at radius 1 is 1.20 bits per heavy atom. The molecule has 0 atom stereocenters. The predicted molar refractivity (Wildman–Crippen MR) is 102 cm³/mol. The van der Waals surface area contributed by atoms with Gasteiger partial charge in [0.1, 0.15) is 4.21 Å². The van der Waals surface area contributed by atoms with Crippen LogP contribution in [0.15, 0.2) is 39.3 Å². The molecule has 3 rings (SSSR count). The fourth-order valence-corrected chi connectivity index (χ4v) is 5.31. The highest BCUT2D eigenvalue weighted by Gasteiger charge is 2.16. The van der Waals surface area contributed by atoms with Gasteiger partial charge in [-0.15, -0.1) is 11.3 Å². The molecule has 0 amide bonds. The fourth-order valence-electron chi connectivity index (χ4n) is 2.75. The second kappa shape index (κ2) is 6.92. The predicted octanol–water partition coefficient (Wildman–Crippen LogP) is 3.38. The Morgan fingerprint density at radius 3 is 2.64 bits per heavy atom. The van der Waals surface area contributed by atoms with Crippen LogP contribution in [0.3, 0.4) is 0 Å². The summed E-state index contributed by atoms with van der Waals surface area (Å²) in [5.74, 6) is 0. The van der Waals surface area contributed by atoms with Gasteiger partial charge in [0.05, 0.1) is 9.85 Å². The van der Waals surface area contributed by atoms with Crippen molar-refractivity contribution in [3.8, 4) is 0 Å². The number of sulfonamides is 1. The molecule has 1 aromatic carbocycles. The summed E-state index contributed by atoms with van der Waals surface area (Å²) in [6.45, 7) is 4.08. The first-order valence-corrected chi connectivity index (χ1v) is 10.3. The van der Waals surface area contributed by atoms with Gasteiger partial charge >= 0.3 is 0 Å². The summed E-state index contributed by atoms with van der Waals surface area (Å²) in [7, 11) is -3.61. The molecule has 8 heteroatoms. The summed E-state index contributed by atoms with van der Waals surface area (Å²) in [6.07, 6.45) is 0.302. The van der Waals surface area contributed by atoms with Crippen LogP contribution < -0.4 is 10.3 Å². The molecule has 0 saturated carbocycles. The van der Waals surface area contributed by atoms with Crippen LogP contribution in [0.5, 0.6) is 0 Å². The number of aromatic nitrogens is 1. The van der Waals surface area contributed by atoms with Crippen molar-refractivity contribution in [1.29, 1.82) is 0 Å². The Hall–Kier alpha value is -1.67. The van der Waals surface area contributed by atoms with E-state index >= 15 is 0 Å². The van der Waals surface area contributed by atoms with Gasteiger partial charge in [-0.25, -0.2) is 13.1 Å². The molecular weight excluding hydrogens is 380 g/mol. The van der Waals surface area contributed by atoms with Crippen molar-refractivity contribution >= 4 is 43.9 Å². The van der Waals surface area contributed by atoms with E-state index in [0.29, 0.717) is 16.3 Å². The molecule has 0 aliphatic heterocycles. The summed E-state index contributed by atoms with van der Waals surface area (Å²) >= 11 is 6.78. The van der Waals surface area contributed by atoms with Crippen LogP contribution >= 0.6 is 22.9 Å². The molecule has 0 saturated heterocycles. The molecule has 0 radical (unpaired) electrons. The molecule has 0 unspecified atom stereocenters. The van der Waals surface area contributed by atoms with Crippen LogP contribution in [-0.2, 0) is 16.4 Å². The standard InChI is InChI=1S/C17H17ClN2O3S2/c1-10-7-11(2)16-13(8-10)9-12(17(21)20-16)5-6-19-25(22,23)15-4-3-14(18)24-15/h3-4,7-9,19H,5-6H2,1-2H3,(H,20,21). The molecule has 2 heterocycles. The van der Waals surface area contributed by atoms with Gasteiger partial charge in [0.25, 0.3) is 5.56 Å². The molecule has 0 fully saturated rings. The zero-order valence-corrected chi connectivity index (χ0v) is 16.1. The van der Waals surface area contributed by atoms with E-state index in [2.05, 4.69) is 9.71 Å². The molecule has 0 spiro atoms. The van der Waals surface area contributed by atoms with E-state index in [1.165, 1.54) is 6.07 Å². The summed E-state index contributed by atoms with van der Waals surface area (Å²) < 4.78 is 27.4. The van der Waals surface area contributed by atoms with E-state index in [-0.39, 0.29) is 16.3 Å². The number of benzene rings is 1. The zero-order valence-electron chi connectivity index (χ0n) is 13.7. The van der Waals surface area contributed by atoms with Crippen molar-refractivity contribution in [3.63, 3.8) is 0 Å². The molecule has 3 aromatic rings. The number of nitrogens with one attached hydrogen (secondary N) is 2. The average Bonchev–Trinajstić information content (AvgIpc) is 2.96. The molecule has 5 nitrogen and oxygen atoms in total. The Morgan fingerprint density at radius 2 is 1.96 bits per heavy atom. The number of H-pyrrole nitrogens is 1. The fraction of sp³-hybridized carbons (Fsp3) is 0.235. The highest BCUT2D eigenvalue weighted by atomic mass is 35.5. The topological polar surface area (TPSA) is 79.0 Å². The number of aryl methyl sites for hydroxylation is 2. The number of pyridine rings is 1. The van der Waals surface area contributed by atoms with Gasteiger partial charge in [-0.1, -0.05) is 23.2 Å². The maximum absolute atomic E-state index is 12.3. The van der Waals surface area contributed by atoms with E-state index < -0.39 is 10.0 Å². The van der Waals surface area contributed by atoms with Crippen molar-refractivity contribution in [2.75, 3.05) is 6.54 Å². The summed E-state index contributed by atoms with van der Waals surface area (Å²) in [6, 6.07) is 8.84. The van der Waals surface area contributed by atoms with Crippen molar-refractivity contribution in [3.05, 3.63) is 61.7 Å². The largest absolute Gasteiger partial charge is 0.321 e. The lowest BCUT2D eigenvalue weighted by atomic mass is 10.0. The maximum Gasteiger partial charge on any atom is 0.251 e. The molecule has 0 aliphatic carbocycles. The zero-order chi connectivity index (χ0) is 18.2.